The highest BCUT2D eigenvalue weighted by Gasteiger charge is 2.31. The molecule has 3 aliphatic rings. The second-order valence-electron chi connectivity index (χ2n) is 11.2. The van der Waals surface area contributed by atoms with E-state index in [-0.39, 0.29) is 30.3 Å². The molecule has 0 aromatic heterocycles. The number of allylic oxidation sites excluding steroid dienone is 1. The summed E-state index contributed by atoms with van der Waals surface area (Å²) in [6.07, 6.45) is 7.23. The number of nitrogens with one attached hydrogen (secondary N) is 2. The lowest BCUT2D eigenvalue weighted by Gasteiger charge is -2.38. The average molecular weight is 554 g/mol. The molecule has 1 aromatic carbocycles. The maximum absolute atomic E-state index is 13.5. The maximum atomic E-state index is 13.5. The molecular weight excluding hydrogens is 506 g/mol. The molecule has 9 heteroatoms. The number of benzene rings is 1. The van der Waals surface area contributed by atoms with Crippen LogP contribution in [0.4, 0.5) is 0 Å². The van der Waals surface area contributed by atoms with E-state index in [4.69, 9.17) is 19.9 Å². The van der Waals surface area contributed by atoms with Crippen molar-refractivity contribution in [3.05, 3.63) is 58.9 Å². The van der Waals surface area contributed by atoms with Crippen molar-refractivity contribution in [2.24, 2.45) is 10.7 Å². The van der Waals surface area contributed by atoms with Gasteiger partial charge in [0, 0.05) is 56.7 Å². The number of carbonyl (C=O) groups excluding carboxylic acids is 1. The monoisotopic (exact) mass is 553 g/mol. The van der Waals surface area contributed by atoms with Gasteiger partial charge in [-0.05, 0) is 57.9 Å². The lowest BCUT2D eigenvalue weighted by atomic mass is 9.97. The van der Waals surface area contributed by atoms with E-state index in [1.54, 1.807) is 7.11 Å². The smallest absolute Gasteiger partial charge is 0.272 e. The number of likely N-dealkylation sites (tertiary alicyclic amines) is 1. The lowest BCUT2D eigenvalue weighted by molar-refractivity contribution is -0.128. The minimum Gasteiger partial charge on any atom is -0.390 e. The zero-order chi connectivity index (χ0) is 28.5. The number of rotatable bonds is 10. The van der Waals surface area contributed by atoms with Gasteiger partial charge in [-0.25, -0.2) is 4.99 Å². The number of nitrogens with two attached hydrogens (primary N) is 1. The minimum absolute atomic E-state index is 0.0653. The van der Waals surface area contributed by atoms with Gasteiger partial charge in [0.1, 0.15) is 5.70 Å². The first-order valence-electron chi connectivity index (χ1n) is 14.7. The van der Waals surface area contributed by atoms with Crippen molar-refractivity contribution in [2.75, 3.05) is 40.0 Å². The summed E-state index contributed by atoms with van der Waals surface area (Å²) in [6, 6.07) is 9.20. The zero-order valence-electron chi connectivity index (χ0n) is 24.4. The number of hydrogen-bond acceptors (Lipinski definition) is 7. The van der Waals surface area contributed by atoms with Crippen molar-refractivity contribution in [2.45, 2.75) is 82.8 Å². The number of hydrogen-bond donors (Lipinski definition) is 3. The Labute approximate surface area is 239 Å². The molecule has 3 heterocycles. The van der Waals surface area contributed by atoms with Gasteiger partial charge in [0.15, 0.2) is 0 Å². The third-order valence-electron chi connectivity index (χ3n) is 8.39. The summed E-state index contributed by atoms with van der Waals surface area (Å²) < 4.78 is 17.5. The normalized spacial score (nSPS) is 26.9. The Bertz CT molecular complexity index is 1050. The van der Waals surface area contributed by atoms with Gasteiger partial charge >= 0.3 is 0 Å². The first-order valence-corrected chi connectivity index (χ1v) is 14.7. The van der Waals surface area contributed by atoms with Gasteiger partial charge in [0.05, 0.1) is 31.3 Å². The van der Waals surface area contributed by atoms with Crippen molar-refractivity contribution in [1.82, 2.24) is 15.5 Å². The van der Waals surface area contributed by atoms with Crippen LogP contribution < -0.4 is 16.4 Å². The molecular formula is C31H47N5O4. The molecule has 0 unspecified atom stereocenters. The maximum Gasteiger partial charge on any atom is 0.272 e. The number of methoxy groups -OCH3 is 1. The van der Waals surface area contributed by atoms with Gasteiger partial charge in [0.2, 0.25) is 0 Å². The molecule has 220 valence electrons. The highest BCUT2D eigenvalue weighted by atomic mass is 16.5. The van der Waals surface area contributed by atoms with Crippen molar-refractivity contribution < 1.29 is 19.0 Å². The molecule has 40 heavy (non-hydrogen) atoms. The number of carbonyl (C=O) groups is 1. The Morgan fingerprint density at radius 2 is 1.95 bits per heavy atom. The summed E-state index contributed by atoms with van der Waals surface area (Å²) in [4.78, 5) is 19.6. The molecule has 3 fully saturated rings. The van der Waals surface area contributed by atoms with Crippen LogP contribution in [0.25, 0.3) is 0 Å². The summed E-state index contributed by atoms with van der Waals surface area (Å²) >= 11 is 0. The summed E-state index contributed by atoms with van der Waals surface area (Å²) in [5, 5.41) is 7.13. The molecule has 0 bridgehead atoms. The van der Waals surface area contributed by atoms with Gasteiger partial charge < -0.3 is 35.5 Å². The van der Waals surface area contributed by atoms with Gasteiger partial charge in [-0.15, -0.1) is 0 Å². The van der Waals surface area contributed by atoms with E-state index in [1.807, 2.05) is 11.8 Å². The molecule has 0 saturated carbocycles. The zero-order valence-corrected chi connectivity index (χ0v) is 24.4. The number of aliphatic imine (C=N–C) groups is 1. The Hall–Kier alpha value is -2.72. The van der Waals surface area contributed by atoms with Crippen LogP contribution in [0, 0.1) is 6.92 Å². The molecule has 3 aliphatic heterocycles. The van der Waals surface area contributed by atoms with Crippen LogP contribution in [0.5, 0.6) is 0 Å². The number of ether oxygens (including phenoxy) is 3. The Kier molecular flexibility index (Phi) is 11.2. The van der Waals surface area contributed by atoms with Crippen molar-refractivity contribution in [3.8, 4) is 0 Å². The fraction of sp³-hybridized carbons (Fsp3) is 0.613. The predicted octanol–water partition coefficient (Wildman–Crippen LogP) is 3.35. The van der Waals surface area contributed by atoms with Crippen molar-refractivity contribution >= 4 is 12.2 Å². The van der Waals surface area contributed by atoms with Crippen molar-refractivity contribution in [1.29, 1.82) is 0 Å². The first kappa shape index (κ1) is 30.2. The van der Waals surface area contributed by atoms with Crippen LogP contribution in [-0.2, 0) is 19.0 Å². The van der Waals surface area contributed by atoms with Crippen LogP contribution in [0.1, 0.15) is 62.7 Å². The quantitative estimate of drug-likeness (QED) is 0.176. The van der Waals surface area contributed by atoms with E-state index in [1.165, 1.54) is 17.5 Å². The van der Waals surface area contributed by atoms with Gasteiger partial charge in [-0.3, -0.25) is 4.79 Å². The fourth-order valence-electron chi connectivity index (χ4n) is 5.81. The van der Waals surface area contributed by atoms with Gasteiger partial charge in [-0.2, -0.15) is 0 Å². The van der Waals surface area contributed by atoms with Crippen molar-refractivity contribution in [3.63, 3.8) is 0 Å². The summed E-state index contributed by atoms with van der Waals surface area (Å²) in [5.74, 6) is -0.116. The van der Waals surface area contributed by atoms with E-state index in [9.17, 15) is 4.79 Å². The van der Waals surface area contributed by atoms with Gasteiger partial charge in [0.25, 0.3) is 5.91 Å². The molecule has 0 spiro atoms. The highest BCUT2D eigenvalue weighted by Crippen LogP contribution is 2.31. The second kappa shape index (κ2) is 14.8. The minimum atomic E-state index is -0.116. The Morgan fingerprint density at radius 3 is 2.65 bits per heavy atom. The largest absolute Gasteiger partial charge is 0.390 e. The van der Waals surface area contributed by atoms with Crippen LogP contribution in [0.3, 0.4) is 0 Å². The summed E-state index contributed by atoms with van der Waals surface area (Å²) in [5.41, 5.74) is 9.82. The molecule has 0 radical (unpaired) electrons. The topological polar surface area (TPSA) is 110 Å². The fourth-order valence-corrected chi connectivity index (χ4v) is 5.81. The lowest BCUT2D eigenvalue weighted by Crippen LogP contribution is -2.54. The van der Waals surface area contributed by atoms with E-state index in [2.05, 4.69) is 53.4 Å². The molecule has 1 amide bonds. The SMILES string of the molecule is C=C(NC[C@@H]1CCC[C@H](c2ccc(C)cc2)O1)/C(C)=C(\N=C/N)C(=O)N1CCC(N[C@@H]2CCOC[C@@H]2OC)CC1. The summed E-state index contributed by atoms with van der Waals surface area (Å²) in [7, 11) is 1.73. The van der Waals surface area contributed by atoms with Gasteiger partial charge in [-0.1, -0.05) is 36.4 Å². The molecule has 0 aliphatic carbocycles. The van der Waals surface area contributed by atoms with E-state index < -0.39 is 0 Å². The van der Waals surface area contributed by atoms with Crippen LogP contribution in [0.15, 0.2) is 52.8 Å². The van der Waals surface area contributed by atoms with E-state index >= 15 is 0 Å². The number of nitrogens with zero attached hydrogens (tertiary/aromatic N) is 2. The van der Waals surface area contributed by atoms with Crippen LogP contribution in [-0.4, -0.2) is 81.4 Å². The van der Waals surface area contributed by atoms with E-state index in [0.29, 0.717) is 49.3 Å². The van der Waals surface area contributed by atoms with Crippen LogP contribution in [0.2, 0.25) is 0 Å². The molecule has 1 aromatic rings. The molecule has 3 saturated heterocycles. The standard InChI is InChI=1S/C31H47N5O4/c1-21-8-10-24(11-9-21)28-7-5-6-26(40-28)18-33-23(3)22(2)30(34-20-32)31(37)36-15-12-25(13-16-36)35-27-14-17-39-19-29(27)38-4/h8-11,20,25-29,33,35H,3,5-7,12-19H2,1-2,4H3,(H2,32,34)/b30-22-/t26-,27+,28+,29-/m0/s1. The number of aryl methyl sites for hydroxylation is 1. The first-order chi connectivity index (χ1) is 19.4. The van der Waals surface area contributed by atoms with E-state index in [0.717, 1.165) is 45.1 Å². The Balaban J connectivity index is 1.30. The molecule has 4 atom stereocenters. The Morgan fingerprint density at radius 1 is 1.20 bits per heavy atom. The molecule has 4 N–H and O–H groups in total. The average Bonchev–Trinajstić information content (AvgIpc) is 2.99. The number of piperidine rings is 1. The summed E-state index contributed by atoms with van der Waals surface area (Å²) in [6.45, 7) is 11.5. The van der Waals surface area contributed by atoms with Crippen LogP contribution >= 0.6 is 0 Å². The predicted molar refractivity (Wildman–Crippen MR) is 158 cm³/mol. The molecule has 9 nitrogen and oxygen atoms in total. The highest BCUT2D eigenvalue weighted by molar-refractivity contribution is 5.95. The molecule has 4 rings (SSSR count). The number of amides is 1. The third kappa shape index (κ3) is 7.94. The third-order valence-corrected chi connectivity index (χ3v) is 8.39. The second-order valence-corrected chi connectivity index (χ2v) is 11.2.